The highest BCUT2D eigenvalue weighted by Gasteiger charge is 2.31. The number of hydrogen-bond donors (Lipinski definition) is 0. The summed E-state index contributed by atoms with van der Waals surface area (Å²) in [5.41, 5.74) is 3.03. The van der Waals surface area contributed by atoms with Crippen LogP contribution in [0, 0.1) is 5.92 Å². The van der Waals surface area contributed by atoms with Crippen LogP contribution in [-0.4, -0.2) is 24.0 Å². The van der Waals surface area contributed by atoms with Gasteiger partial charge in [-0.3, -0.25) is 4.79 Å². The van der Waals surface area contributed by atoms with Crippen LogP contribution in [0.1, 0.15) is 28.6 Å². The molecule has 0 radical (unpaired) electrons. The maximum Gasteiger partial charge on any atom is 0.269 e. The number of rotatable bonds is 3. The summed E-state index contributed by atoms with van der Waals surface area (Å²) < 4.78 is 0. The minimum absolute atomic E-state index is 0.0598. The van der Waals surface area contributed by atoms with E-state index < -0.39 is 0 Å². The number of aromatic nitrogens is 1. The van der Waals surface area contributed by atoms with Gasteiger partial charge in [0.15, 0.2) is 0 Å². The van der Waals surface area contributed by atoms with Gasteiger partial charge >= 0.3 is 0 Å². The van der Waals surface area contributed by atoms with Gasteiger partial charge in [-0.1, -0.05) is 30.7 Å². The van der Waals surface area contributed by atoms with Gasteiger partial charge in [-0.05, 0) is 53.8 Å². The SMILES string of the molecule is C[C@@H]1CCN(c2ccc(N3Cc4cc(-c5ccc(Cl)cc5)sc4C3=O)cn2)C1. The third kappa shape index (κ3) is 3.09. The average molecular weight is 410 g/mol. The average Bonchev–Trinajstić information content (AvgIpc) is 3.39. The van der Waals surface area contributed by atoms with E-state index in [1.807, 2.05) is 47.5 Å². The Kier molecular flexibility index (Phi) is 4.37. The van der Waals surface area contributed by atoms with Gasteiger partial charge in [0.05, 0.1) is 23.3 Å². The number of fused-ring (bicyclic) bond motifs is 1. The van der Waals surface area contributed by atoms with Crippen molar-refractivity contribution >= 4 is 40.4 Å². The molecule has 0 spiro atoms. The lowest BCUT2D eigenvalue weighted by molar-refractivity contribution is 0.1000. The lowest BCUT2D eigenvalue weighted by atomic mass is 10.1. The van der Waals surface area contributed by atoms with Gasteiger partial charge < -0.3 is 9.80 Å². The molecule has 1 amide bonds. The van der Waals surface area contributed by atoms with Crippen molar-refractivity contribution in [3.8, 4) is 10.4 Å². The number of hydrogen-bond acceptors (Lipinski definition) is 4. The molecular formula is C22H20ClN3OS. The van der Waals surface area contributed by atoms with Gasteiger partial charge in [-0.2, -0.15) is 0 Å². The third-order valence-corrected chi connectivity index (χ3v) is 6.96. The highest BCUT2D eigenvalue weighted by atomic mass is 35.5. The zero-order valence-electron chi connectivity index (χ0n) is 15.6. The van der Waals surface area contributed by atoms with Crippen LogP contribution in [0.2, 0.25) is 5.02 Å². The zero-order valence-corrected chi connectivity index (χ0v) is 17.1. The molecular weight excluding hydrogens is 390 g/mol. The van der Waals surface area contributed by atoms with E-state index >= 15 is 0 Å². The predicted molar refractivity (Wildman–Crippen MR) is 116 cm³/mol. The van der Waals surface area contributed by atoms with Crippen LogP contribution >= 0.6 is 22.9 Å². The van der Waals surface area contributed by atoms with E-state index in [1.165, 1.54) is 6.42 Å². The second-order valence-electron chi connectivity index (χ2n) is 7.58. The lowest BCUT2D eigenvalue weighted by Crippen LogP contribution is -2.24. The Morgan fingerprint density at radius 1 is 1.18 bits per heavy atom. The molecule has 1 saturated heterocycles. The van der Waals surface area contributed by atoms with Gasteiger partial charge in [0.1, 0.15) is 5.82 Å². The number of anilines is 2. The Morgan fingerprint density at radius 2 is 2.00 bits per heavy atom. The number of halogens is 1. The summed E-state index contributed by atoms with van der Waals surface area (Å²) >= 11 is 7.53. The largest absolute Gasteiger partial charge is 0.356 e. The van der Waals surface area contributed by atoms with E-state index in [9.17, 15) is 4.79 Å². The summed E-state index contributed by atoms with van der Waals surface area (Å²) in [6.45, 7) is 4.98. The van der Waals surface area contributed by atoms with Crippen molar-refractivity contribution in [3.63, 3.8) is 0 Å². The molecule has 0 saturated carbocycles. The van der Waals surface area contributed by atoms with Crippen molar-refractivity contribution in [2.75, 3.05) is 22.9 Å². The van der Waals surface area contributed by atoms with Gasteiger partial charge in [0, 0.05) is 23.0 Å². The van der Waals surface area contributed by atoms with Crippen LogP contribution < -0.4 is 9.80 Å². The van der Waals surface area contributed by atoms with Crippen LogP contribution in [0.5, 0.6) is 0 Å². The molecule has 0 bridgehead atoms. The Morgan fingerprint density at radius 3 is 2.64 bits per heavy atom. The Hall–Kier alpha value is -2.37. The fourth-order valence-corrected chi connectivity index (χ4v) is 5.18. The molecule has 4 heterocycles. The minimum Gasteiger partial charge on any atom is -0.356 e. The van der Waals surface area contributed by atoms with Crippen molar-refractivity contribution in [2.24, 2.45) is 5.92 Å². The standard InChI is InChI=1S/C22H20ClN3OS/c1-14-8-9-25(12-14)20-7-6-18(11-24-20)26-13-16-10-19(28-21(16)22(26)27)15-2-4-17(23)5-3-15/h2-7,10-11,14H,8-9,12-13H2,1H3/t14-/m1/s1. The predicted octanol–water partition coefficient (Wildman–Crippen LogP) is 5.47. The first-order chi connectivity index (χ1) is 13.6. The molecule has 142 valence electrons. The van der Waals surface area contributed by atoms with Gasteiger partial charge in [0.2, 0.25) is 0 Å². The Balaban J connectivity index is 1.35. The second-order valence-corrected chi connectivity index (χ2v) is 9.07. The number of nitrogens with zero attached hydrogens (tertiary/aromatic N) is 3. The van der Waals surface area contributed by atoms with Crippen molar-refractivity contribution in [2.45, 2.75) is 19.9 Å². The maximum absolute atomic E-state index is 13.0. The molecule has 1 fully saturated rings. The summed E-state index contributed by atoms with van der Waals surface area (Å²) in [6.07, 6.45) is 3.04. The number of amides is 1. The molecule has 0 aliphatic carbocycles. The molecule has 28 heavy (non-hydrogen) atoms. The number of benzene rings is 1. The van der Waals surface area contributed by atoms with Crippen LogP contribution in [0.15, 0.2) is 48.7 Å². The molecule has 6 heteroatoms. The topological polar surface area (TPSA) is 36.4 Å². The fraction of sp³-hybridized carbons (Fsp3) is 0.273. The number of thiophene rings is 1. The monoisotopic (exact) mass is 409 g/mol. The third-order valence-electron chi connectivity index (χ3n) is 5.50. The molecule has 1 atom stereocenters. The van der Waals surface area contributed by atoms with E-state index in [1.54, 1.807) is 11.3 Å². The highest BCUT2D eigenvalue weighted by Crippen LogP contribution is 2.38. The Labute approximate surface area is 173 Å². The molecule has 3 aromatic rings. The van der Waals surface area contributed by atoms with Crippen molar-refractivity contribution in [3.05, 3.63) is 64.1 Å². The van der Waals surface area contributed by atoms with Crippen LogP contribution in [0.3, 0.4) is 0 Å². The lowest BCUT2D eigenvalue weighted by Gasteiger charge is -2.19. The molecule has 5 rings (SSSR count). The van der Waals surface area contributed by atoms with Crippen molar-refractivity contribution in [1.82, 2.24) is 4.98 Å². The Bertz CT molecular complexity index is 1030. The molecule has 0 N–H and O–H groups in total. The number of carbonyl (C=O) groups excluding carboxylic acids is 1. The van der Waals surface area contributed by atoms with E-state index in [2.05, 4.69) is 22.9 Å². The van der Waals surface area contributed by atoms with Crippen molar-refractivity contribution in [1.29, 1.82) is 0 Å². The molecule has 0 unspecified atom stereocenters. The second kappa shape index (κ2) is 6.90. The van der Waals surface area contributed by atoms with Crippen LogP contribution in [0.4, 0.5) is 11.5 Å². The maximum atomic E-state index is 13.0. The first-order valence-corrected chi connectivity index (χ1v) is 10.7. The quantitative estimate of drug-likeness (QED) is 0.575. The van der Waals surface area contributed by atoms with E-state index in [0.717, 1.165) is 50.5 Å². The molecule has 2 aliphatic rings. The zero-order chi connectivity index (χ0) is 19.3. The summed E-state index contributed by atoms with van der Waals surface area (Å²) in [5, 5.41) is 0.717. The molecule has 4 nitrogen and oxygen atoms in total. The van der Waals surface area contributed by atoms with E-state index in [-0.39, 0.29) is 5.91 Å². The fourth-order valence-electron chi connectivity index (χ4n) is 3.92. The summed E-state index contributed by atoms with van der Waals surface area (Å²) in [6, 6.07) is 13.9. The van der Waals surface area contributed by atoms with E-state index in [4.69, 9.17) is 11.6 Å². The van der Waals surface area contributed by atoms with Gasteiger partial charge in [-0.15, -0.1) is 11.3 Å². The number of pyridine rings is 1. The minimum atomic E-state index is 0.0598. The molecule has 2 aliphatic heterocycles. The number of carbonyl (C=O) groups is 1. The van der Waals surface area contributed by atoms with E-state index in [0.29, 0.717) is 12.5 Å². The van der Waals surface area contributed by atoms with Crippen LogP contribution in [-0.2, 0) is 6.54 Å². The molecule has 2 aromatic heterocycles. The van der Waals surface area contributed by atoms with Gasteiger partial charge in [0.25, 0.3) is 5.91 Å². The first-order valence-electron chi connectivity index (χ1n) is 9.50. The van der Waals surface area contributed by atoms with Crippen molar-refractivity contribution < 1.29 is 4.79 Å². The summed E-state index contributed by atoms with van der Waals surface area (Å²) in [7, 11) is 0. The molecule has 1 aromatic carbocycles. The smallest absolute Gasteiger partial charge is 0.269 e. The highest BCUT2D eigenvalue weighted by molar-refractivity contribution is 7.17. The summed E-state index contributed by atoms with van der Waals surface area (Å²) in [5.74, 6) is 1.77. The summed E-state index contributed by atoms with van der Waals surface area (Å²) in [4.78, 5) is 23.6. The van der Waals surface area contributed by atoms with Crippen LogP contribution in [0.25, 0.3) is 10.4 Å². The van der Waals surface area contributed by atoms with Gasteiger partial charge in [-0.25, -0.2) is 4.98 Å². The normalized spacial score (nSPS) is 18.8. The first kappa shape index (κ1) is 17.7.